The van der Waals surface area contributed by atoms with Crippen molar-refractivity contribution in [2.24, 2.45) is 0 Å². The Morgan fingerprint density at radius 2 is 1.66 bits per heavy atom. The summed E-state index contributed by atoms with van der Waals surface area (Å²) in [6, 6.07) is 13.0. The van der Waals surface area contributed by atoms with Crippen LogP contribution in [-0.2, 0) is 4.79 Å². The third kappa shape index (κ3) is 6.08. The molecule has 1 atom stereocenters. The van der Waals surface area contributed by atoms with Gasteiger partial charge in [0.1, 0.15) is 11.6 Å². The molecule has 1 unspecified atom stereocenters. The monoisotopic (exact) mass is 401 g/mol. The molecular weight excluding hydrogens is 372 g/mol. The van der Waals surface area contributed by atoms with Crippen LogP contribution in [-0.4, -0.2) is 50.1 Å². The van der Waals surface area contributed by atoms with E-state index in [1.165, 1.54) is 24.3 Å². The highest BCUT2D eigenvalue weighted by Gasteiger charge is 2.24. The summed E-state index contributed by atoms with van der Waals surface area (Å²) in [7, 11) is 1.66. The summed E-state index contributed by atoms with van der Waals surface area (Å²) in [6.07, 6.45) is 2.91. The number of carbonyl (C=O) groups excluding carboxylic acids is 1. The van der Waals surface area contributed by atoms with E-state index in [-0.39, 0.29) is 29.5 Å². The zero-order valence-electron chi connectivity index (χ0n) is 16.8. The molecular formula is C23H29F2N3O. The maximum atomic E-state index is 13.3. The lowest BCUT2D eigenvalue weighted by Gasteiger charge is -2.32. The van der Waals surface area contributed by atoms with Crippen molar-refractivity contribution in [3.8, 4) is 0 Å². The van der Waals surface area contributed by atoms with E-state index < -0.39 is 0 Å². The number of benzene rings is 2. The fourth-order valence-electron chi connectivity index (χ4n) is 3.96. The number of carbonyl (C=O) groups is 1. The van der Waals surface area contributed by atoms with Crippen molar-refractivity contribution in [1.82, 2.24) is 15.5 Å². The first kappa shape index (κ1) is 21.4. The lowest BCUT2D eigenvalue weighted by atomic mass is 9.87. The Morgan fingerprint density at radius 1 is 1.07 bits per heavy atom. The van der Waals surface area contributed by atoms with Gasteiger partial charge in [-0.1, -0.05) is 30.7 Å². The van der Waals surface area contributed by atoms with Crippen molar-refractivity contribution in [1.29, 1.82) is 0 Å². The quantitative estimate of drug-likeness (QED) is 0.668. The van der Waals surface area contributed by atoms with E-state index in [1.54, 1.807) is 7.05 Å². The molecule has 0 aromatic heterocycles. The molecule has 29 heavy (non-hydrogen) atoms. The Kier molecular flexibility index (Phi) is 7.72. The van der Waals surface area contributed by atoms with Gasteiger partial charge in [0.15, 0.2) is 0 Å². The highest BCUT2D eigenvalue weighted by molar-refractivity contribution is 5.81. The van der Waals surface area contributed by atoms with Crippen molar-refractivity contribution < 1.29 is 13.6 Å². The zero-order chi connectivity index (χ0) is 20.6. The largest absolute Gasteiger partial charge is 0.358 e. The van der Waals surface area contributed by atoms with E-state index >= 15 is 0 Å². The number of amides is 1. The molecule has 6 heteroatoms. The predicted octanol–water partition coefficient (Wildman–Crippen LogP) is 3.29. The second kappa shape index (κ2) is 10.5. The summed E-state index contributed by atoms with van der Waals surface area (Å²) < 4.78 is 26.7. The minimum atomic E-state index is -0.254. The standard InChI is InChI=1S/C23H29F2N3O/c1-26-23(29)22-16-28(15-13-27-22)14-3-2-4-21(17-5-9-19(24)10-6-17)18-7-11-20(25)12-8-18/h5-12,21-22,27H,2-4,13-16H2,1H3,(H,26,29). The number of nitrogens with zero attached hydrogens (tertiary/aromatic N) is 1. The van der Waals surface area contributed by atoms with E-state index in [0.717, 1.165) is 56.6 Å². The van der Waals surface area contributed by atoms with Crippen LogP contribution < -0.4 is 10.6 Å². The van der Waals surface area contributed by atoms with Gasteiger partial charge in [0.25, 0.3) is 0 Å². The van der Waals surface area contributed by atoms with Gasteiger partial charge in [0, 0.05) is 32.6 Å². The molecule has 0 saturated carbocycles. The van der Waals surface area contributed by atoms with Crippen LogP contribution in [0.15, 0.2) is 48.5 Å². The first-order valence-corrected chi connectivity index (χ1v) is 10.2. The fourth-order valence-corrected chi connectivity index (χ4v) is 3.96. The van der Waals surface area contributed by atoms with Crippen LogP contribution in [0.25, 0.3) is 0 Å². The minimum Gasteiger partial charge on any atom is -0.358 e. The molecule has 2 aromatic carbocycles. The lowest BCUT2D eigenvalue weighted by Crippen LogP contribution is -2.56. The fraction of sp³-hybridized carbons (Fsp3) is 0.435. The van der Waals surface area contributed by atoms with Crippen LogP contribution in [0.3, 0.4) is 0 Å². The molecule has 3 rings (SSSR count). The van der Waals surface area contributed by atoms with Gasteiger partial charge >= 0.3 is 0 Å². The van der Waals surface area contributed by atoms with Crippen LogP contribution in [0.4, 0.5) is 8.78 Å². The smallest absolute Gasteiger partial charge is 0.238 e. The molecule has 2 N–H and O–H groups in total. The van der Waals surface area contributed by atoms with Gasteiger partial charge in [-0.2, -0.15) is 0 Å². The SMILES string of the molecule is CNC(=O)C1CN(CCCCC(c2ccc(F)cc2)c2ccc(F)cc2)CCN1. The first-order valence-electron chi connectivity index (χ1n) is 10.2. The molecule has 0 radical (unpaired) electrons. The minimum absolute atomic E-state index is 0.0300. The molecule has 0 spiro atoms. The summed E-state index contributed by atoms with van der Waals surface area (Å²) in [6.45, 7) is 3.41. The molecule has 0 bridgehead atoms. The average Bonchev–Trinajstić information content (AvgIpc) is 2.75. The van der Waals surface area contributed by atoms with Crippen LogP contribution in [0, 0.1) is 11.6 Å². The van der Waals surface area contributed by atoms with E-state index in [9.17, 15) is 13.6 Å². The molecule has 0 aliphatic carbocycles. The molecule has 2 aromatic rings. The van der Waals surface area contributed by atoms with Gasteiger partial charge in [-0.3, -0.25) is 9.69 Å². The Labute approximate surface area is 171 Å². The third-order valence-electron chi connectivity index (χ3n) is 5.58. The number of hydrogen-bond donors (Lipinski definition) is 2. The number of piperazine rings is 1. The summed E-state index contributed by atoms with van der Waals surface area (Å²) in [5.74, 6) is -0.368. The summed E-state index contributed by atoms with van der Waals surface area (Å²) >= 11 is 0. The molecule has 1 aliphatic heterocycles. The van der Waals surface area contributed by atoms with Gasteiger partial charge in [0.05, 0.1) is 6.04 Å². The molecule has 1 saturated heterocycles. The van der Waals surface area contributed by atoms with Crippen molar-refractivity contribution in [3.05, 3.63) is 71.3 Å². The molecule has 1 amide bonds. The Hall–Kier alpha value is -2.31. The number of likely N-dealkylation sites (N-methyl/N-ethyl adjacent to an activating group) is 1. The summed E-state index contributed by atoms with van der Waals surface area (Å²) in [4.78, 5) is 14.2. The Balaban J connectivity index is 1.57. The van der Waals surface area contributed by atoms with Gasteiger partial charge in [-0.25, -0.2) is 8.78 Å². The topological polar surface area (TPSA) is 44.4 Å². The normalized spacial score (nSPS) is 17.4. The van der Waals surface area contributed by atoms with E-state index in [4.69, 9.17) is 0 Å². The second-order valence-corrected chi connectivity index (χ2v) is 7.57. The number of halogens is 2. The summed E-state index contributed by atoms with van der Waals surface area (Å²) in [5.41, 5.74) is 2.08. The summed E-state index contributed by atoms with van der Waals surface area (Å²) in [5, 5.41) is 5.95. The van der Waals surface area contributed by atoms with Crippen LogP contribution in [0.2, 0.25) is 0 Å². The number of rotatable bonds is 8. The molecule has 4 nitrogen and oxygen atoms in total. The van der Waals surface area contributed by atoms with Gasteiger partial charge in [-0.15, -0.1) is 0 Å². The van der Waals surface area contributed by atoms with Crippen LogP contribution >= 0.6 is 0 Å². The predicted molar refractivity (Wildman–Crippen MR) is 111 cm³/mol. The average molecular weight is 402 g/mol. The highest BCUT2D eigenvalue weighted by Crippen LogP contribution is 2.30. The Morgan fingerprint density at radius 3 is 2.21 bits per heavy atom. The number of nitrogens with one attached hydrogen (secondary N) is 2. The second-order valence-electron chi connectivity index (χ2n) is 7.57. The van der Waals surface area contributed by atoms with E-state index in [2.05, 4.69) is 15.5 Å². The Bertz CT molecular complexity index is 734. The van der Waals surface area contributed by atoms with Gasteiger partial charge < -0.3 is 10.6 Å². The van der Waals surface area contributed by atoms with Crippen LogP contribution in [0.1, 0.15) is 36.3 Å². The number of unbranched alkanes of at least 4 members (excludes halogenated alkanes) is 1. The van der Waals surface area contributed by atoms with E-state index in [1.807, 2.05) is 24.3 Å². The van der Waals surface area contributed by atoms with Crippen molar-refractivity contribution in [2.75, 3.05) is 33.2 Å². The highest BCUT2D eigenvalue weighted by atomic mass is 19.1. The van der Waals surface area contributed by atoms with Crippen LogP contribution in [0.5, 0.6) is 0 Å². The molecule has 156 valence electrons. The number of hydrogen-bond acceptors (Lipinski definition) is 3. The third-order valence-corrected chi connectivity index (χ3v) is 5.58. The maximum absolute atomic E-state index is 13.3. The zero-order valence-corrected chi connectivity index (χ0v) is 16.8. The van der Waals surface area contributed by atoms with E-state index in [0.29, 0.717) is 0 Å². The van der Waals surface area contributed by atoms with Crippen molar-refractivity contribution in [2.45, 2.75) is 31.2 Å². The lowest BCUT2D eigenvalue weighted by molar-refractivity contribution is -0.123. The van der Waals surface area contributed by atoms with Crippen molar-refractivity contribution >= 4 is 5.91 Å². The maximum Gasteiger partial charge on any atom is 0.238 e. The molecule has 1 aliphatic rings. The molecule has 1 fully saturated rings. The van der Waals surface area contributed by atoms with Gasteiger partial charge in [0.2, 0.25) is 5.91 Å². The first-order chi connectivity index (χ1) is 14.1. The van der Waals surface area contributed by atoms with Crippen molar-refractivity contribution in [3.63, 3.8) is 0 Å². The van der Waals surface area contributed by atoms with Gasteiger partial charge in [-0.05, 0) is 54.8 Å². The molecule has 1 heterocycles.